The predicted octanol–water partition coefficient (Wildman–Crippen LogP) is 2.65. The minimum Gasteiger partial charge on any atom is -0.384 e. The van der Waals surface area contributed by atoms with Crippen LogP contribution in [0.5, 0.6) is 0 Å². The summed E-state index contributed by atoms with van der Waals surface area (Å²) in [4.78, 5) is 0. The molecule has 0 aliphatic rings. The Hall–Kier alpha value is -0.380. The molecule has 0 unspecified atom stereocenters. The second-order valence-electron chi connectivity index (χ2n) is 4.32. The van der Waals surface area contributed by atoms with Gasteiger partial charge in [-0.1, -0.05) is 41.9 Å². The Morgan fingerprint density at radius 3 is 2.33 bits per heavy atom. The summed E-state index contributed by atoms with van der Waals surface area (Å²) in [7, 11) is 0. The highest BCUT2D eigenvalue weighted by molar-refractivity contribution is 9.10. The molecule has 3 heteroatoms. The maximum atomic E-state index is 10.2. The van der Waals surface area contributed by atoms with Crippen LogP contribution in [0.2, 0.25) is 0 Å². The van der Waals surface area contributed by atoms with Crippen molar-refractivity contribution in [3.63, 3.8) is 0 Å². The van der Waals surface area contributed by atoms with Crippen LogP contribution in [-0.2, 0) is 5.60 Å². The normalized spacial score (nSPS) is 15.3. The van der Waals surface area contributed by atoms with Gasteiger partial charge in [0.25, 0.3) is 0 Å². The van der Waals surface area contributed by atoms with Crippen LogP contribution in [0.15, 0.2) is 28.7 Å². The summed E-state index contributed by atoms with van der Waals surface area (Å²) in [6, 6.07) is 8.14. The summed E-state index contributed by atoms with van der Waals surface area (Å²) in [6.07, 6.45) is 0. The van der Waals surface area contributed by atoms with Crippen LogP contribution in [0.4, 0.5) is 0 Å². The van der Waals surface area contributed by atoms with Gasteiger partial charge >= 0.3 is 0 Å². The lowest BCUT2D eigenvalue weighted by Gasteiger charge is -2.25. The molecule has 2 nitrogen and oxygen atoms in total. The maximum absolute atomic E-state index is 10.2. The first kappa shape index (κ1) is 12.7. The van der Waals surface area contributed by atoms with E-state index in [1.165, 1.54) is 0 Å². The smallest absolute Gasteiger partial charge is 0.0992 e. The minimum atomic E-state index is -0.815. The molecule has 84 valence electrons. The van der Waals surface area contributed by atoms with E-state index in [4.69, 9.17) is 0 Å². The highest BCUT2D eigenvalue weighted by Crippen LogP contribution is 2.21. The Labute approximate surface area is 99.8 Å². The molecule has 0 saturated carbocycles. The molecule has 0 saturated heterocycles. The van der Waals surface area contributed by atoms with Crippen molar-refractivity contribution >= 4 is 15.9 Å². The lowest BCUT2D eigenvalue weighted by Crippen LogP contribution is -2.38. The molecule has 0 amide bonds. The summed E-state index contributed by atoms with van der Waals surface area (Å²) in [5.41, 5.74) is 0.115. The van der Waals surface area contributed by atoms with Crippen molar-refractivity contribution in [3.8, 4) is 0 Å². The van der Waals surface area contributed by atoms with Crippen LogP contribution in [0.25, 0.3) is 0 Å². The first-order valence-electron chi connectivity index (χ1n) is 5.13. The fraction of sp³-hybridized carbons (Fsp3) is 0.500. The molecule has 0 radical (unpaired) electrons. The Morgan fingerprint density at radius 1 is 1.33 bits per heavy atom. The average Bonchev–Trinajstić information content (AvgIpc) is 2.16. The van der Waals surface area contributed by atoms with Gasteiger partial charge in [-0.25, -0.2) is 0 Å². The number of rotatable bonds is 4. The van der Waals surface area contributed by atoms with Gasteiger partial charge in [0, 0.05) is 17.1 Å². The Kier molecular flexibility index (Phi) is 4.32. The van der Waals surface area contributed by atoms with Gasteiger partial charge in [0.15, 0.2) is 0 Å². The number of hydrogen-bond acceptors (Lipinski definition) is 2. The summed E-state index contributed by atoms with van der Waals surface area (Å²) >= 11 is 3.38. The molecule has 15 heavy (non-hydrogen) atoms. The third-order valence-corrected chi connectivity index (χ3v) is 2.85. The van der Waals surface area contributed by atoms with E-state index in [0.717, 1.165) is 10.0 Å². The van der Waals surface area contributed by atoms with Crippen LogP contribution in [-0.4, -0.2) is 17.7 Å². The van der Waals surface area contributed by atoms with Crippen LogP contribution in [0, 0.1) is 0 Å². The van der Waals surface area contributed by atoms with Crippen molar-refractivity contribution < 1.29 is 5.11 Å². The van der Waals surface area contributed by atoms with Gasteiger partial charge < -0.3 is 10.4 Å². The van der Waals surface area contributed by atoms with E-state index in [9.17, 15) is 5.11 Å². The van der Waals surface area contributed by atoms with E-state index >= 15 is 0 Å². The number of halogens is 1. The highest BCUT2D eigenvalue weighted by Gasteiger charge is 2.22. The molecule has 0 spiro atoms. The zero-order chi connectivity index (χ0) is 11.5. The van der Waals surface area contributed by atoms with Gasteiger partial charge in [0.1, 0.15) is 0 Å². The zero-order valence-corrected chi connectivity index (χ0v) is 11.0. The first-order valence-corrected chi connectivity index (χ1v) is 5.93. The van der Waals surface area contributed by atoms with E-state index < -0.39 is 5.60 Å². The summed E-state index contributed by atoms with van der Waals surface area (Å²) in [5.74, 6) is 0. The van der Waals surface area contributed by atoms with Crippen molar-refractivity contribution in [2.75, 3.05) is 6.54 Å². The van der Waals surface area contributed by atoms with Crippen LogP contribution >= 0.6 is 15.9 Å². The van der Waals surface area contributed by atoms with Crippen molar-refractivity contribution in [3.05, 3.63) is 34.3 Å². The third-order valence-electron chi connectivity index (χ3n) is 2.32. The van der Waals surface area contributed by atoms with E-state index in [0.29, 0.717) is 12.6 Å². The molecule has 0 fully saturated rings. The lowest BCUT2D eigenvalue weighted by molar-refractivity contribution is 0.0549. The molecular weight excluding hydrogens is 254 g/mol. The van der Waals surface area contributed by atoms with Crippen LogP contribution < -0.4 is 5.32 Å². The average molecular weight is 272 g/mol. The number of benzene rings is 1. The minimum absolute atomic E-state index is 0.381. The monoisotopic (exact) mass is 271 g/mol. The van der Waals surface area contributed by atoms with E-state index in [-0.39, 0.29) is 0 Å². The molecule has 0 aromatic heterocycles. The fourth-order valence-electron chi connectivity index (χ4n) is 1.31. The van der Waals surface area contributed by atoms with Crippen LogP contribution in [0.3, 0.4) is 0 Å². The predicted molar refractivity (Wildman–Crippen MR) is 66.9 cm³/mol. The largest absolute Gasteiger partial charge is 0.384 e. The Bertz CT molecular complexity index is 306. The molecule has 0 heterocycles. The quantitative estimate of drug-likeness (QED) is 0.883. The Morgan fingerprint density at radius 2 is 1.87 bits per heavy atom. The van der Waals surface area contributed by atoms with Gasteiger partial charge in [0.05, 0.1) is 5.60 Å². The standard InChI is InChI=1S/C12H18BrNO/c1-9(2)14-8-12(3,15)10-4-6-11(13)7-5-10/h4-7,9,14-15H,8H2,1-3H3/t12-/m1/s1. The molecule has 1 rings (SSSR count). The molecule has 0 bridgehead atoms. The molecule has 1 aromatic carbocycles. The molecule has 1 aromatic rings. The molecule has 0 aliphatic heterocycles. The SMILES string of the molecule is CC(C)NC[C@@](C)(O)c1ccc(Br)cc1. The second kappa shape index (κ2) is 5.10. The highest BCUT2D eigenvalue weighted by atomic mass is 79.9. The molecule has 1 atom stereocenters. The molecule has 2 N–H and O–H groups in total. The van der Waals surface area contributed by atoms with Gasteiger partial charge in [-0.3, -0.25) is 0 Å². The fourth-order valence-corrected chi connectivity index (χ4v) is 1.58. The first-order chi connectivity index (χ1) is 6.92. The van der Waals surface area contributed by atoms with Gasteiger partial charge in [-0.05, 0) is 24.6 Å². The van der Waals surface area contributed by atoms with Crippen molar-refractivity contribution in [1.82, 2.24) is 5.32 Å². The number of hydrogen-bond donors (Lipinski definition) is 2. The molecule has 0 aliphatic carbocycles. The maximum Gasteiger partial charge on any atom is 0.0992 e. The Balaban J connectivity index is 2.72. The van der Waals surface area contributed by atoms with Crippen molar-refractivity contribution in [2.45, 2.75) is 32.4 Å². The van der Waals surface area contributed by atoms with Gasteiger partial charge in [-0.15, -0.1) is 0 Å². The van der Waals surface area contributed by atoms with E-state index in [1.54, 1.807) is 0 Å². The zero-order valence-electron chi connectivity index (χ0n) is 9.42. The van der Waals surface area contributed by atoms with Gasteiger partial charge in [-0.2, -0.15) is 0 Å². The summed E-state index contributed by atoms with van der Waals surface area (Å²) in [5, 5.41) is 13.5. The van der Waals surface area contributed by atoms with Crippen molar-refractivity contribution in [2.24, 2.45) is 0 Å². The second-order valence-corrected chi connectivity index (χ2v) is 5.23. The summed E-state index contributed by atoms with van der Waals surface area (Å²) in [6.45, 7) is 6.52. The van der Waals surface area contributed by atoms with Crippen LogP contribution in [0.1, 0.15) is 26.3 Å². The number of nitrogens with one attached hydrogen (secondary N) is 1. The van der Waals surface area contributed by atoms with E-state index in [1.807, 2.05) is 31.2 Å². The number of aliphatic hydroxyl groups is 1. The van der Waals surface area contributed by atoms with Gasteiger partial charge in [0.2, 0.25) is 0 Å². The molecular formula is C12H18BrNO. The third kappa shape index (κ3) is 3.93. The van der Waals surface area contributed by atoms with Crippen molar-refractivity contribution in [1.29, 1.82) is 0 Å². The summed E-state index contributed by atoms with van der Waals surface area (Å²) < 4.78 is 1.03. The topological polar surface area (TPSA) is 32.3 Å². The van der Waals surface area contributed by atoms with E-state index in [2.05, 4.69) is 35.1 Å². The lowest BCUT2D eigenvalue weighted by atomic mass is 9.96.